The van der Waals surface area contributed by atoms with Crippen LogP contribution in [-0.2, 0) is 4.79 Å². The van der Waals surface area contributed by atoms with Crippen molar-refractivity contribution in [3.05, 3.63) is 41.5 Å². The Kier molecular flexibility index (Phi) is 8.32. The molecule has 0 aliphatic heterocycles. The number of amides is 1. The normalized spacial score (nSPS) is 14.2. The third-order valence-electron chi connectivity index (χ3n) is 3.65. The molecular formula is C17H25NO5. The molecule has 0 saturated carbocycles. The van der Waals surface area contributed by atoms with Crippen LogP contribution in [0.1, 0.15) is 38.4 Å². The number of nitrogens with one attached hydrogen (secondary N) is 1. The summed E-state index contributed by atoms with van der Waals surface area (Å²) < 4.78 is 5.28. The van der Waals surface area contributed by atoms with Crippen LogP contribution in [0.4, 0.5) is 0 Å². The predicted octanol–water partition coefficient (Wildman–Crippen LogP) is 1.96. The van der Waals surface area contributed by atoms with Gasteiger partial charge in [0.25, 0.3) is 5.91 Å². The van der Waals surface area contributed by atoms with Crippen molar-refractivity contribution in [2.24, 2.45) is 5.92 Å². The van der Waals surface area contributed by atoms with Crippen LogP contribution in [0, 0.1) is 5.92 Å². The molecule has 4 N–H and O–H groups in total. The monoisotopic (exact) mass is 323 g/mol. The van der Waals surface area contributed by atoms with Gasteiger partial charge in [-0.05, 0) is 43.4 Å². The topological polar surface area (TPSA) is 99.0 Å². The Labute approximate surface area is 136 Å². The highest BCUT2D eigenvalue weighted by atomic mass is 16.5. The van der Waals surface area contributed by atoms with E-state index in [1.807, 2.05) is 6.92 Å². The highest BCUT2D eigenvalue weighted by molar-refractivity contribution is 5.91. The van der Waals surface area contributed by atoms with Gasteiger partial charge in [0.2, 0.25) is 0 Å². The molecule has 1 amide bonds. The van der Waals surface area contributed by atoms with Crippen LogP contribution in [0.2, 0.25) is 0 Å². The molecule has 1 rings (SSSR count). The van der Waals surface area contributed by atoms with Gasteiger partial charge < -0.3 is 14.9 Å². The minimum atomic E-state index is -0.609. The molecule has 0 radical (unpaired) electrons. The van der Waals surface area contributed by atoms with Crippen LogP contribution < -0.4 is 10.2 Å². The Balaban J connectivity index is 2.52. The van der Waals surface area contributed by atoms with E-state index in [-0.39, 0.29) is 19.1 Å². The minimum absolute atomic E-state index is 0.0143. The van der Waals surface area contributed by atoms with Crippen molar-refractivity contribution < 1.29 is 25.0 Å². The Morgan fingerprint density at radius 2 is 2.00 bits per heavy atom. The lowest BCUT2D eigenvalue weighted by atomic mass is 9.93. The van der Waals surface area contributed by atoms with Crippen LogP contribution in [-0.4, -0.2) is 34.5 Å². The summed E-state index contributed by atoms with van der Waals surface area (Å²) in [6, 6.07) is 7.12. The van der Waals surface area contributed by atoms with Gasteiger partial charge in [-0.2, -0.15) is 0 Å². The lowest BCUT2D eigenvalue weighted by Gasteiger charge is -2.19. The van der Waals surface area contributed by atoms with Crippen molar-refractivity contribution in [1.29, 1.82) is 0 Å². The van der Waals surface area contributed by atoms with E-state index in [1.165, 1.54) is 0 Å². The Morgan fingerprint density at radius 3 is 2.57 bits per heavy atom. The molecular weight excluding hydrogens is 298 g/mol. The van der Waals surface area contributed by atoms with Crippen LogP contribution in [0.3, 0.4) is 0 Å². The number of carbonyl (C=O) groups is 1. The van der Waals surface area contributed by atoms with Crippen LogP contribution in [0.15, 0.2) is 35.9 Å². The second-order valence-electron chi connectivity index (χ2n) is 5.47. The summed E-state index contributed by atoms with van der Waals surface area (Å²) in [6.07, 6.45) is 2.47. The lowest BCUT2D eigenvalue weighted by molar-refractivity contribution is -0.125. The molecule has 0 spiro atoms. The van der Waals surface area contributed by atoms with E-state index in [0.29, 0.717) is 24.2 Å². The second kappa shape index (κ2) is 9.99. The molecule has 0 saturated heterocycles. The molecule has 6 heteroatoms. The van der Waals surface area contributed by atoms with E-state index < -0.39 is 12.0 Å². The second-order valence-corrected chi connectivity index (χ2v) is 5.47. The largest absolute Gasteiger partial charge is 0.491 e. The third kappa shape index (κ3) is 6.40. The van der Waals surface area contributed by atoms with Gasteiger partial charge in [-0.1, -0.05) is 25.1 Å². The highest BCUT2D eigenvalue weighted by Gasteiger charge is 2.16. The number of hydroxylamine groups is 1. The number of ether oxygens (including phenoxy) is 1. The van der Waals surface area contributed by atoms with Crippen molar-refractivity contribution in [2.45, 2.75) is 32.8 Å². The van der Waals surface area contributed by atoms with Crippen molar-refractivity contribution in [1.82, 2.24) is 5.48 Å². The van der Waals surface area contributed by atoms with Crippen molar-refractivity contribution in [3.8, 4) is 5.75 Å². The average Bonchev–Trinajstić information content (AvgIpc) is 2.58. The number of allylic oxidation sites excluding steroid dienone is 1. The first-order chi connectivity index (χ1) is 11.0. The summed E-state index contributed by atoms with van der Waals surface area (Å²) in [5, 5.41) is 27.6. The Bertz CT molecular complexity index is 512. The summed E-state index contributed by atoms with van der Waals surface area (Å²) in [6.45, 7) is 3.77. The van der Waals surface area contributed by atoms with Crippen molar-refractivity contribution >= 4 is 5.91 Å². The van der Waals surface area contributed by atoms with E-state index in [4.69, 9.17) is 15.1 Å². The maximum atomic E-state index is 11.1. The number of hydrogen-bond donors (Lipinski definition) is 4. The van der Waals surface area contributed by atoms with Crippen molar-refractivity contribution in [3.63, 3.8) is 0 Å². The average molecular weight is 323 g/mol. The fraction of sp³-hybridized carbons (Fsp3) is 0.471. The molecule has 0 aliphatic carbocycles. The molecule has 0 heterocycles. The minimum Gasteiger partial charge on any atom is -0.491 e. The fourth-order valence-electron chi connectivity index (χ4n) is 2.15. The van der Waals surface area contributed by atoms with E-state index in [2.05, 4.69) is 0 Å². The van der Waals surface area contributed by atoms with Gasteiger partial charge in [-0.25, -0.2) is 5.48 Å². The number of benzene rings is 1. The zero-order valence-corrected chi connectivity index (χ0v) is 13.5. The van der Waals surface area contributed by atoms with Crippen LogP contribution >= 0.6 is 0 Å². The van der Waals surface area contributed by atoms with E-state index in [0.717, 1.165) is 5.56 Å². The molecule has 1 aromatic rings. The molecule has 0 aliphatic rings. The summed E-state index contributed by atoms with van der Waals surface area (Å²) >= 11 is 0. The van der Waals surface area contributed by atoms with Gasteiger partial charge >= 0.3 is 0 Å². The quantitative estimate of drug-likeness (QED) is 0.316. The standard InChI is InChI=1S/C17H25NO5/c1-12(4-3-5-13(2)17(21)18-22)16(20)14-6-8-15(9-7-14)23-11-10-19/h5-9,12,16,19-20,22H,3-4,10-11H2,1-2H3,(H,18,21)/b13-5+/t12-,16-/m1/s1. The lowest BCUT2D eigenvalue weighted by Crippen LogP contribution is -2.19. The Morgan fingerprint density at radius 1 is 1.35 bits per heavy atom. The van der Waals surface area contributed by atoms with Crippen molar-refractivity contribution in [2.75, 3.05) is 13.2 Å². The summed E-state index contributed by atoms with van der Waals surface area (Å²) in [5.41, 5.74) is 2.83. The number of carbonyl (C=O) groups excluding carboxylic acids is 1. The Hall–Kier alpha value is -1.89. The number of aliphatic hydroxyl groups excluding tert-OH is 2. The fourth-order valence-corrected chi connectivity index (χ4v) is 2.15. The molecule has 1 aromatic carbocycles. The molecule has 128 valence electrons. The first-order valence-electron chi connectivity index (χ1n) is 7.62. The van der Waals surface area contributed by atoms with Gasteiger partial charge in [-0.3, -0.25) is 10.0 Å². The number of hydrogen-bond acceptors (Lipinski definition) is 5. The zero-order chi connectivity index (χ0) is 17.2. The SMILES string of the molecule is C/C(=C\CC[C@@H](C)[C@@H](O)c1ccc(OCCO)cc1)C(=O)NO. The molecule has 6 nitrogen and oxygen atoms in total. The summed E-state index contributed by atoms with van der Waals surface area (Å²) in [7, 11) is 0. The first-order valence-corrected chi connectivity index (χ1v) is 7.62. The molecule has 0 bridgehead atoms. The van der Waals surface area contributed by atoms with Gasteiger partial charge in [-0.15, -0.1) is 0 Å². The maximum absolute atomic E-state index is 11.1. The van der Waals surface area contributed by atoms with E-state index in [1.54, 1.807) is 42.7 Å². The predicted molar refractivity (Wildman–Crippen MR) is 86.1 cm³/mol. The van der Waals surface area contributed by atoms with E-state index in [9.17, 15) is 9.90 Å². The third-order valence-corrected chi connectivity index (χ3v) is 3.65. The van der Waals surface area contributed by atoms with Crippen LogP contribution in [0.5, 0.6) is 5.75 Å². The van der Waals surface area contributed by atoms with Gasteiger partial charge in [0, 0.05) is 5.57 Å². The summed E-state index contributed by atoms with van der Waals surface area (Å²) in [5.74, 6) is 0.147. The summed E-state index contributed by atoms with van der Waals surface area (Å²) in [4.78, 5) is 11.1. The van der Waals surface area contributed by atoms with Gasteiger partial charge in [0.15, 0.2) is 0 Å². The highest BCUT2D eigenvalue weighted by Crippen LogP contribution is 2.27. The molecule has 2 atom stereocenters. The van der Waals surface area contributed by atoms with Gasteiger partial charge in [0.1, 0.15) is 12.4 Å². The van der Waals surface area contributed by atoms with Crippen LogP contribution in [0.25, 0.3) is 0 Å². The maximum Gasteiger partial charge on any atom is 0.269 e. The number of aliphatic hydroxyl groups is 2. The smallest absolute Gasteiger partial charge is 0.269 e. The molecule has 0 aromatic heterocycles. The molecule has 23 heavy (non-hydrogen) atoms. The molecule has 0 unspecified atom stereocenters. The molecule has 0 fully saturated rings. The zero-order valence-electron chi connectivity index (χ0n) is 13.5. The van der Waals surface area contributed by atoms with Gasteiger partial charge in [0.05, 0.1) is 12.7 Å². The van der Waals surface area contributed by atoms with E-state index >= 15 is 0 Å². The first kappa shape index (κ1) is 19.2. The number of rotatable bonds is 9.